The third kappa shape index (κ3) is 1.91. The van der Waals surface area contributed by atoms with Crippen LogP contribution in [0.3, 0.4) is 0 Å². The Hall–Kier alpha value is -0.250. The van der Waals surface area contributed by atoms with Crippen molar-refractivity contribution in [2.75, 3.05) is 0 Å². The molecule has 2 nitrogen and oxygen atoms in total. The second-order valence-electron chi connectivity index (χ2n) is 2.31. The first-order valence-corrected chi connectivity index (χ1v) is 4.78. The molecule has 0 radical (unpaired) electrons. The van der Waals surface area contributed by atoms with Crippen LogP contribution in [0.5, 0.6) is 0 Å². The van der Waals surface area contributed by atoms with Gasteiger partial charge in [-0.2, -0.15) is 0 Å². The summed E-state index contributed by atoms with van der Waals surface area (Å²) in [6.07, 6.45) is 1.57. The lowest BCUT2D eigenvalue weighted by Crippen LogP contribution is -2.08. The standard InChI is InChI=1S/C7H7Cl2NOS/c1-4-5(3-6(8)9)12-7(11)10(4)2/h3H,1-2H3. The Morgan fingerprint density at radius 3 is 2.50 bits per heavy atom. The van der Waals surface area contributed by atoms with Crippen LogP contribution in [-0.4, -0.2) is 4.57 Å². The highest BCUT2D eigenvalue weighted by molar-refractivity contribution is 7.10. The monoisotopic (exact) mass is 223 g/mol. The highest BCUT2D eigenvalue weighted by Gasteiger charge is 2.05. The molecule has 0 N–H and O–H groups in total. The number of aromatic nitrogens is 1. The number of thiazole rings is 1. The molecule has 0 aliphatic rings. The van der Waals surface area contributed by atoms with E-state index in [-0.39, 0.29) is 9.36 Å². The Morgan fingerprint density at radius 1 is 1.58 bits per heavy atom. The lowest BCUT2D eigenvalue weighted by molar-refractivity contribution is 0.852. The second-order valence-corrected chi connectivity index (χ2v) is 4.31. The first-order chi connectivity index (χ1) is 5.52. The lowest BCUT2D eigenvalue weighted by atomic mass is 10.4. The third-order valence-electron chi connectivity index (χ3n) is 1.57. The summed E-state index contributed by atoms with van der Waals surface area (Å²) in [6, 6.07) is 0. The van der Waals surface area contributed by atoms with Crippen LogP contribution in [-0.2, 0) is 7.05 Å². The number of rotatable bonds is 1. The van der Waals surface area contributed by atoms with Gasteiger partial charge in [-0.15, -0.1) is 0 Å². The molecule has 66 valence electrons. The summed E-state index contributed by atoms with van der Waals surface area (Å²) < 4.78 is 1.73. The molecule has 1 aromatic rings. The molecule has 0 atom stereocenters. The Kier molecular flexibility index (Phi) is 2.99. The largest absolute Gasteiger partial charge is 0.307 e. The number of hydrogen-bond donors (Lipinski definition) is 0. The highest BCUT2D eigenvalue weighted by atomic mass is 35.5. The minimum atomic E-state index is -0.00617. The Morgan fingerprint density at radius 2 is 2.17 bits per heavy atom. The van der Waals surface area contributed by atoms with E-state index in [2.05, 4.69) is 0 Å². The fraction of sp³-hybridized carbons (Fsp3) is 0.286. The molecular formula is C7H7Cl2NOS. The average Bonchev–Trinajstić information content (AvgIpc) is 2.17. The zero-order chi connectivity index (χ0) is 9.30. The van der Waals surface area contributed by atoms with E-state index < -0.39 is 0 Å². The van der Waals surface area contributed by atoms with Gasteiger partial charge in [0.15, 0.2) is 0 Å². The van der Waals surface area contributed by atoms with Crippen molar-refractivity contribution in [2.24, 2.45) is 7.05 Å². The molecule has 0 bridgehead atoms. The molecule has 0 spiro atoms. The van der Waals surface area contributed by atoms with E-state index in [0.29, 0.717) is 0 Å². The van der Waals surface area contributed by atoms with Crippen molar-refractivity contribution in [3.63, 3.8) is 0 Å². The van der Waals surface area contributed by atoms with E-state index in [1.807, 2.05) is 6.92 Å². The molecule has 1 heterocycles. The van der Waals surface area contributed by atoms with Gasteiger partial charge in [-0.1, -0.05) is 34.5 Å². The van der Waals surface area contributed by atoms with E-state index in [1.165, 1.54) is 0 Å². The zero-order valence-electron chi connectivity index (χ0n) is 6.60. The van der Waals surface area contributed by atoms with Gasteiger partial charge in [-0.05, 0) is 13.0 Å². The smallest absolute Gasteiger partial charge is 0.306 e. The minimum Gasteiger partial charge on any atom is -0.306 e. The summed E-state index contributed by atoms with van der Waals surface area (Å²) in [5.41, 5.74) is 0.879. The molecule has 0 fully saturated rings. The number of halogens is 2. The van der Waals surface area contributed by atoms with Crippen molar-refractivity contribution in [2.45, 2.75) is 6.92 Å². The van der Waals surface area contributed by atoms with E-state index in [9.17, 15) is 4.79 Å². The van der Waals surface area contributed by atoms with Crippen LogP contribution in [0.4, 0.5) is 0 Å². The Balaban J connectivity index is 3.28. The average molecular weight is 224 g/mol. The summed E-state index contributed by atoms with van der Waals surface area (Å²) in [5.74, 6) is 0. The van der Waals surface area contributed by atoms with Gasteiger partial charge < -0.3 is 4.57 Å². The van der Waals surface area contributed by atoms with Gasteiger partial charge in [0, 0.05) is 12.7 Å². The molecule has 0 saturated carbocycles. The maximum Gasteiger partial charge on any atom is 0.307 e. The molecule has 0 aliphatic carbocycles. The van der Waals surface area contributed by atoms with Crippen LogP contribution in [0, 0.1) is 6.92 Å². The number of hydrogen-bond acceptors (Lipinski definition) is 2. The van der Waals surface area contributed by atoms with Crippen molar-refractivity contribution in [3.8, 4) is 0 Å². The van der Waals surface area contributed by atoms with Crippen LogP contribution >= 0.6 is 34.5 Å². The van der Waals surface area contributed by atoms with E-state index in [0.717, 1.165) is 21.9 Å². The van der Waals surface area contributed by atoms with Gasteiger partial charge in [-0.3, -0.25) is 4.79 Å². The highest BCUT2D eigenvalue weighted by Crippen LogP contribution is 2.18. The fourth-order valence-electron chi connectivity index (χ4n) is 0.772. The third-order valence-corrected chi connectivity index (χ3v) is 2.87. The molecular weight excluding hydrogens is 217 g/mol. The van der Waals surface area contributed by atoms with Gasteiger partial charge in [-0.25, -0.2) is 0 Å². The van der Waals surface area contributed by atoms with Gasteiger partial charge in [0.25, 0.3) is 0 Å². The zero-order valence-corrected chi connectivity index (χ0v) is 8.93. The summed E-state index contributed by atoms with van der Waals surface area (Å²) in [4.78, 5) is 11.9. The maximum absolute atomic E-state index is 11.1. The van der Waals surface area contributed by atoms with Gasteiger partial charge in [0.1, 0.15) is 4.49 Å². The minimum absolute atomic E-state index is 0.00617. The molecule has 0 aromatic carbocycles. The number of nitrogens with zero attached hydrogens (tertiary/aromatic N) is 1. The van der Waals surface area contributed by atoms with Crippen LogP contribution in [0.1, 0.15) is 10.6 Å². The van der Waals surface area contributed by atoms with Crippen molar-refractivity contribution < 1.29 is 0 Å². The topological polar surface area (TPSA) is 22.0 Å². The summed E-state index contributed by atoms with van der Waals surface area (Å²) in [6.45, 7) is 1.85. The predicted octanol–water partition coefficient (Wildman–Crippen LogP) is 2.53. The first kappa shape index (κ1) is 9.84. The molecule has 0 saturated heterocycles. The second kappa shape index (κ2) is 3.64. The van der Waals surface area contributed by atoms with Crippen LogP contribution in [0.2, 0.25) is 0 Å². The van der Waals surface area contributed by atoms with E-state index in [4.69, 9.17) is 23.2 Å². The maximum atomic E-state index is 11.1. The molecule has 0 aliphatic heterocycles. The summed E-state index contributed by atoms with van der Waals surface area (Å²) >= 11 is 12.1. The SMILES string of the molecule is Cc1c(C=C(Cl)Cl)sc(=O)n1C. The van der Waals surface area contributed by atoms with E-state index in [1.54, 1.807) is 17.7 Å². The van der Waals surface area contributed by atoms with Crippen molar-refractivity contribution >= 4 is 40.6 Å². The van der Waals surface area contributed by atoms with Crippen LogP contribution < -0.4 is 4.87 Å². The van der Waals surface area contributed by atoms with Crippen LogP contribution in [0.15, 0.2) is 9.29 Å². The van der Waals surface area contributed by atoms with Gasteiger partial charge in [0.05, 0.1) is 4.88 Å². The van der Waals surface area contributed by atoms with E-state index >= 15 is 0 Å². The Labute approximate surface area is 84.0 Å². The lowest BCUT2D eigenvalue weighted by Gasteiger charge is -1.92. The summed E-state index contributed by atoms with van der Waals surface area (Å²) in [7, 11) is 1.72. The molecule has 0 amide bonds. The van der Waals surface area contributed by atoms with Gasteiger partial charge >= 0.3 is 4.87 Å². The molecule has 1 rings (SSSR count). The normalized spacial score (nSPS) is 10.0. The Bertz CT molecular complexity index is 373. The predicted molar refractivity (Wildman–Crippen MR) is 54.0 cm³/mol. The van der Waals surface area contributed by atoms with Gasteiger partial charge in [0.2, 0.25) is 0 Å². The van der Waals surface area contributed by atoms with Crippen molar-refractivity contribution in [1.82, 2.24) is 4.57 Å². The van der Waals surface area contributed by atoms with Crippen molar-refractivity contribution in [1.29, 1.82) is 0 Å². The molecule has 1 aromatic heterocycles. The van der Waals surface area contributed by atoms with Crippen LogP contribution in [0.25, 0.3) is 6.08 Å². The fourth-order valence-corrected chi connectivity index (χ4v) is 2.04. The van der Waals surface area contributed by atoms with Crippen molar-refractivity contribution in [3.05, 3.63) is 24.7 Å². The first-order valence-electron chi connectivity index (χ1n) is 3.21. The molecule has 12 heavy (non-hydrogen) atoms. The molecule has 0 unspecified atom stereocenters. The quantitative estimate of drug-likeness (QED) is 0.718. The molecule has 5 heteroatoms. The summed E-state index contributed by atoms with van der Waals surface area (Å²) in [5, 5.41) is 0.